The fourth-order valence-electron chi connectivity index (χ4n) is 4.22. The molecule has 0 aliphatic carbocycles. The zero-order valence-electron chi connectivity index (χ0n) is 18.4. The molecule has 1 amide bonds. The van der Waals surface area contributed by atoms with Crippen LogP contribution in [-0.4, -0.2) is 38.7 Å². The van der Waals surface area contributed by atoms with Gasteiger partial charge in [-0.3, -0.25) is 9.69 Å². The molecule has 4 rings (SSSR count). The molecule has 0 fully saturated rings. The molecule has 0 unspecified atom stereocenters. The Morgan fingerprint density at radius 3 is 2.65 bits per heavy atom. The van der Waals surface area contributed by atoms with Crippen LogP contribution in [0.2, 0.25) is 0 Å². The second-order valence-corrected chi connectivity index (χ2v) is 8.42. The fraction of sp³-hybridized carbons (Fsp3) is 0.400. The lowest BCUT2D eigenvalue weighted by Crippen LogP contribution is -2.30. The van der Waals surface area contributed by atoms with Crippen LogP contribution in [-0.2, 0) is 30.7 Å². The number of aryl methyl sites for hydroxylation is 2. The van der Waals surface area contributed by atoms with Crippen molar-refractivity contribution in [2.45, 2.75) is 52.2 Å². The fourth-order valence-corrected chi connectivity index (χ4v) is 4.22. The van der Waals surface area contributed by atoms with Gasteiger partial charge >= 0.3 is 0 Å². The lowest BCUT2D eigenvalue weighted by atomic mass is 10.1. The van der Waals surface area contributed by atoms with Crippen molar-refractivity contribution in [3.8, 4) is 0 Å². The molecular formula is C25H31N5O. The molecule has 1 aromatic heterocycles. The number of nitrogens with zero attached hydrogens (tertiary/aromatic N) is 4. The number of carbonyl (C=O) groups excluding carboxylic acids is 1. The van der Waals surface area contributed by atoms with Gasteiger partial charge in [-0.2, -0.15) is 0 Å². The first-order valence-corrected chi connectivity index (χ1v) is 11.1. The summed E-state index contributed by atoms with van der Waals surface area (Å²) in [5.41, 5.74) is 3.82. The van der Waals surface area contributed by atoms with Crippen molar-refractivity contribution in [1.82, 2.24) is 25.0 Å². The molecule has 1 aliphatic heterocycles. The van der Waals surface area contributed by atoms with Crippen LogP contribution >= 0.6 is 0 Å². The van der Waals surface area contributed by atoms with Crippen molar-refractivity contribution in [3.63, 3.8) is 0 Å². The maximum Gasteiger partial charge on any atom is 0.220 e. The first-order valence-electron chi connectivity index (χ1n) is 11.1. The molecule has 31 heavy (non-hydrogen) atoms. The molecule has 2 heterocycles. The highest BCUT2D eigenvalue weighted by atomic mass is 16.1. The molecule has 6 nitrogen and oxygen atoms in total. The number of amides is 1. The molecule has 3 aromatic rings. The van der Waals surface area contributed by atoms with Crippen molar-refractivity contribution in [2.24, 2.45) is 0 Å². The Hall–Kier alpha value is -2.99. The van der Waals surface area contributed by atoms with E-state index in [1.807, 2.05) is 25.1 Å². The molecule has 2 aromatic carbocycles. The maximum absolute atomic E-state index is 12.5. The summed E-state index contributed by atoms with van der Waals surface area (Å²) in [5, 5.41) is 11.9. The summed E-state index contributed by atoms with van der Waals surface area (Å²) in [7, 11) is 0. The van der Waals surface area contributed by atoms with E-state index in [0.29, 0.717) is 6.42 Å². The van der Waals surface area contributed by atoms with E-state index in [4.69, 9.17) is 0 Å². The number of carbonyl (C=O) groups is 1. The number of hydrogen-bond acceptors (Lipinski definition) is 4. The number of rotatable bonds is 7. The Bertz CT molecular complexity index is 1010. The zero-order chi connectivity index (χ0) is 21.6. The van der Waals surface area contributed by atoms with Gasteiger partial charge in [-0.1, -0.05) is 60.2 Å². The van der Waals surface area contributed by atoms with Crippen LogP contribution < -0.4 is 5.32 Å². The molecule has 162 valence electrons. The van der Waals surface area contributed by atoms with Gasteiger partial charge in [0.2, 0.25) is 5.91 Å². The Morgan fingerprint density at radius 1 is 1.03 bits per heavy atom. The van der Waals surface area contributed by atoms with E-state index < -0.39 is 0 Å². The molecule has 0 saturated heterocycles. The van der Waals surface area contributed by atoms with Crippen LogP contribution in [0.1, 0.15) is 47.7 Å². The van der Waals surface area contributed by atoms with Crippen molar-refractivity contribution in [1.29, 1.82) is 0 Å². The van der Waals surface area contributed by atoms with Crippen molar-refractivity contribution in [3.05, 3.63) is 82.9 Å². The minimum absolute atomic E-state index is 0.0448. The minimum Gasteiger partial charge on any atom is -0.346 e. The summed E-state index contributed by atoms with van der Waals surface area (Å²) in [6.07, 6.45) is 2.08. The van der Waals surface area contributed by atoms with Gasteiger partial charge in [-0.15, -0.1) is 10.2 Å². The topological polar surface area (TPSA) is 63.1 Å². The molecule has 6 heteroatoms. The van der Waals surface area contributed by atoms with Gasteiger partial charge in [0.25, 0.3) is 0 Å². The summed E-state index contributed by atoms with van der Waals surface area (Å²) in [5.74, 6) is 1.90. The van der Waals surface area contributed by atoms with Crippen molar-refractivity contribution in [2.75, 3.05) is 13.1 Å². The van der Waals surface area contributed by atoms with Crippen LogP contribution in [0.3, 0.4) is 0 Å². The molecule has 1 aliphatic rings. The van der Waals surface area contributed by atoms with Crippen LogP contribution in [0.4, 0.5) is 0 Å². The van der Waals surface area contributed by atoms with Gasteiger partial charge < -0.3 is 9.88 Å². The highest BCUT2D eigenvalue weighted by Crippen LogP contribution is 2.17. The number of fused-ring (bicyclic) bond motifs is 1. The average molecular weight is 418 g/mol. The van der Waals surface area contributed by atoms with E-state index in [9.17, 15) is 4.79 Å². The molecule has 1 atom stereocenters. The summed E-state index contributed by atoms with van der Waals surface area (Å²) in [4.78, 5) is 14.9. The Kier molecular flexibility index (Phi) is 6.77. The largest absolute Gasteiger partial charge is 0.346 e. The van der Waals surface area contributed by atoms with Gasteiger partial charge in [0.15, 0.2) is 5.82 Å². The summed E-state index contributed by atoms with van der Waals surface area (Å²) in [6.45, 7) is 7.82. The average Bonchev–Trinajstić information content (AvgIpc) is 3.08. The highest BCUT2D eigenvalue weighted by molar-refractivity contribution is 5.76. The molecular weight excluding hydrogens is 386 g/mol. The number of aromatic nitrogens is 3. The molecule has 0 saturated carbocycles. The number of nitrogens with one attached hydrogen (secondary N) is 1. The second-order valence-electron chi connectivity index (χ2n) is 8.42. The Morgan fingerprint density at radius 2 is 1.84 bits per heavy atom. The van der Waals surface area contributed by atoms with Crippen LogP contribution in [0.5, 0.6) is 0 Å². The summed E-state index contributed by atoms with van der Waals surface area (Å²) < 4.78 is 2.19. The Balaban J connectivity index is 1.33. The van der Waals surface area contributed by atoms with Gasteiger partial charge in [-0.25, -0.2) is 0 Å². The zero-order valence-corrected chi connectivity index (χ0v) is 18.4. The van der Waals surface area contributed by atoms with Gasteiger partial charge in [0, 0.05) is 39.0 Å². The quantitative estimate of drug-likeness (QED) is 0.640. The van der Waals surface area contributed by atoms with Crippen LogP contribution in [0, 0.1) is 6.92 Å². The van der Waals surface area contributed by atoms with Gasteiger partial charge in [0.05, 0.1) is 6.04 Å². The predicted molar refractivity (Wildman–Crippen MR) is 122 cm³/mol. The van der Waals surface area contributed by atoms with Gasteiger partial charge in [-0.05, 0) is 31.4 Å². The van der Waals surface area contributed by atoms with Crippen molar-refractivity contribution >= 4 is 5.91 Å². The van der Waals surface area contributed by atoms with E-state index >= 15 is 0 Å². The van der Waals surface area contributed by atoms with E-state index in [1.54, 1.807) is 0 Å². The monoisotopic (exact) mass is 417 g/mol. The highest BCUT2D eigenvalue weighted by Gasteiger charge is 2.22. The third kappa shape index (κ3) is 5.58. The van der Waals surface area contributed by atoms with Crippen molar-refractivity contribution < 1.29 is 4.79 Å². The van der Waals surface area contributed by atoms with Gasteiger partial charge in [0.1, 0.15) is 5.82 Å². The number of benzene rings is 2. The number of hydrogen-bond donors (Lipinski definition) is 1. The molecule has 0 spiro atoms. The minimum atomic E-state index is -0.159. The lowest BCUT2D eigenvalue weighted by Gasteiger charge is -2.20. The third-order valence-corrected chi connectivity index (χ3v) is 5.88. The third-order valence-electron chi connectivity index (χ3n) is 5.88. The smallest absolute Gasteiger partial charge is 0.220 e. The second kappa shape index (κ2) is 9.88. The van der Waals surface area contributed by atoms with Crippen LogP contribution in [0.25, 0.3) is 0 Å². The SMILES string of the molecule is Cc1cccc(CN2CCc3nnc([C@@H](C)NC(=O)CCc4ccccc4)n3CC2)c1. The first kappa shape index (κ1) is 21.2. The Labute approximate surface area is 184 Å². The normalized spacial score (nSPS) is 15.2. The van der Waals surface area contributed by atoms with E-state index in [0.717, 1.165) is 50.7 Å². The van der Waals surface area contributed by atoms with E-state index in [-0.39, 0.29) is 11.9 Å². The summed E-state index contributed by atoms with van der Waals surface area (Å²) in [6, 6.07) is 18.6. The molecule has 1 N–H and O–H groups in total. The standard InChI is InChI=1S/C25H31N5O/c1-19-7-6-10-22(17-19)18-29-14-13-23-27-28-25(30(23)16-15-29)20(2)26-24(31)12-11-21-8-4-3-5-9-21/h3-10,17,20H,11-16,18H2,1-2H3,(H,26,31)/t20-/m1/s1. The van der Waals surface area contributed by atoms with Crippen LogP contribution in [0.15, 0.2) is 54.6 Å². The maximum atomic E-state index is 12.5. The van der Waals surface area contributed by atoms with E-state index in [2.05, 4.69) is 68.3 Å². The summed E-state index contributed by atoms with van der Waals surface area (Å²) >= 11 is 0. The van der Waals surface area contributed by atoms with E-state index in [1.165, 1.54) is 16.7 Å². The predicted octanol–water partition coefficient (Wildman–Crippen LogP) is 3.45. The molecule has 0 radical (unpaired) electrons. The molecule has 0 bridgehead atoms. The first-order chi connectivity index (χ1) is 15.1. The lowest BCUT2D eigenvalue weighted by molar-refractivity contribution is -0.121.